The molecule has 3 heterocycles. The number of ether oxygens (including phenoxy) is 2. The molecule has 1 aromatic heterocycles. The fraction of sp³-hybridized carbons (Fsp3) is 0.500. The predicted octanol–water partition coefficient (Wildman–Crippen LogP) is 2.67. The summed E-state index contributed by atoms with van der Waals surface area (Å²) in [5, 5.41) is 16.2. The quantitative estimate of drug-likeness (QED) is 0.345. The fourth-order valence-electron chi connectivity index (χ4n) is 3.55. The first kappa shape index (κ1) is 26.7. The lowest BCUT2D eigenvalue weighted by molar-refractivity contribution is -0.150. The van der Waals surface area contributed by atoms with E-state index in [-0.39, 0.29) is 23.0 Å². The average Bonchev–Trinajstić information content (AvgIpc) is 3.21. The molecule has 0 aromatic carbocycles. The van der Waals surface area contributed by atoms with Gasteiger partial charge in [0.1, 0.15) is 22.7 Å². The number of aliphatic carboxylic acids is 1. The molecular formula is C22H28N4O7S2. The number of thiazole rings is 1. The first-order valence-corrected chi connectivity index (χ1v) is 12.8. The largest absolute Gasteiger partial charge is 0.477 e. The second-order valence-electron chi connectivity index (χ2n) is 8.74. The molecule has 0 saturated carbocycles. The molecule has 1 saturated heterocycles. The summed E-state index contributed by atoms with van der Waals surface area (Å²) < 4.78 is 10.3. The molecule has 0 unspecified atom stereocenters. The number of carboxylic acids is 1. The second-order valence-corrected chi connectivity index (χ2v) is 10.7. The van der Waals surface area contributed by atoms with Gasteiger partial charge in [-0.15, -0.1) is 23.1 Å². The number of rotatable bonds is 8. The van der Waals surface area contributed by atoms with Crippen LogP contribution in [-0.2, 0) is 23.9 Å². The number of fused-ring (bicyclic) bond motifs is 1. The van der Waals surface area contributed by atoms with Crippen LogP contribution in [0.5, 0.6) is 0 Å². The molecule has 190 valence electrons. The fourth-order valence-corrected chi connectivity index (χ4v) is 5.57. The molecule has 1 fully saturated rings. The van der Waals surface area contributed by atoms with Gasteiger partial charge < -0.3 is 19.9 Å². The third-order valence-corrected chi connectivity index (χ3v) is 6.99. The van der Waals surface area contributed by atoms with Crippen molar-refractivity contribution in [1.29, 1.82) is 0 Å². The smallest absolute Gasteiger partial charge is 0.413 e. The Kier molecular flexibility index (Phi) is 8.23. The minimum absolute atomic E-state index is 0.0900. The number of amides is 3. The molecule has 2 aliphatic heterocycles. The molecule has 0 bridgehead atoms. The van der Waals surface area contributed by atoms with Gasteiger partial charge in [-0.3, -0.25) is 19.8 Å². The van der Waals surface area contributed by atoms with E-state index < -0.39 is 40.9 Å². The second kappa shape index (κ2) is 10.8. The molecule has 0 radical (unpaired) electrons. The molecule has 0 spiro atoms. The van der Waals surface area contributed by atoms with Crippen LogP contribution in [0.2, 0.25) is 0 Å². The van der Waals surface area contributed by atoms with E-state index in [0.717, 1.165) is 11.3 Å². The number of aromatic nitrogens is 1. The van der Waals surface area contributed by atoms with E-state index in [1.54, 1.807) is 32.2 Å². The number of anilines is 1. The lowest BCUT2D eigenvalue weighted by Crippen LogP contribution is -2.70. The molecule has 2 aliphatic rings. The Balaban J connectivity index is 1.72. The van der Waals surface area contributed by atoms with Gasteiger partial charge in [0, 0.05) is 18.2 Å². The third-order valence-electron chi connectivity index (χ3n) is 4.90. The summed E-state index contributed by atoms with van der Waals surface area (Å²) in [6.07, 6.45) is 1.55. The summed E-state index contributed by atoms with van der Waals surface area (Å²) in [7, 11) is 1.46. The van der Waals surface area contributed by atoms with E-state index in [4.69, 9.17) is 9.47 Å². The summed E-state index contributed by atoms with van der Waals surface area (Å²) >= 11 is 2.50. The van der Waals surface area contributed by atoms with Crippen LogP contribution in [0.3, 0.4) is 0 Å². The van der Waals surface area contributed by atoms with Crippen molar-refractivity contribution in [2.75, 3.05) is 24.8 Å². The van der Waals surface area contributed by atoms with Crippen molar-refractivity contribution in [3.05, 3.63) is 28.4 Å². The van der Waals surface area contributed by atoms with Gasteiger partial charge in [0.15, 0.2) is 5.13 Å². The van der Waals surface area contributed by atoms with Gasteiger partial charge in [0.2, 0.25) is 0 Å². The number of carbonyl (C=O) groups is 4. The van der Waals surface area contributed by atoms with Crippen LogP contribution in [0, 0.1) is 0 Å². The average molecular weight is 525 g/mol. The number of nitrogens with one attached hydrogen (secondary N) is 2. The van der Waals surface area contributed by atoms with Crippen molar-refractivity contribution in [2.24, 2.45) is 0 Å². The molecule has 2 atom stereocenters. The van der Waals surface area contributed by atoms with E-state index >= 15 is 0 Å². The minimum Gasteiger partial charge on any atom is -0.477 e. The highest BCUT2D eigenvalue weighted by molar-refractivity contribution is 8.00. The van der Waals surface area contributed by atoms with Gasteiger partial charge >= 0.3 is 12.1 Å². The number of carboxylic acid groups (broad SMARTS) is 1. The number of hydrogen-bond acceptors (Lipinski definition) is 9. The molecule has 35 heavy (non-hydrogen) atoms. The monoisotopic (exact) mass is 524 g/mol. The van der Waals surface area contributed by atoms with Crippen molar-refractivity contribution in [2.45, 2.75) is 51.1 Å². The molecule has 3 amide bonds. The number of nitrogens with zero attached hydrogens (tertiary/aromatic N) is 2. The molecule has 1 aromatic rings. The molecule has 0 aliphatic carbocycles. The summed E-state index contributed by atoms with van der Waals surface area (Å²) in [6.45, 7) is 7.19. The lowest BCUT2D eigenvalue weighted by atomic mass is 10.0. The maximum absolute atomic E-state index is 13.1. The minimum atomic E-state index is -1.21. The van der Waals surface area contributed by atoms with Gasteiger partial charge in [-0.05, 0) is 32.8 Å². The Labute approximate surface area is 210 Å². The third kappa shape index (κ3) is 6.03. The zero-order chi connectivity index (χ0) is 25.9. The van der Waals surface area contributed by atoms with E-state index in [0.29, 0.717) is 23.4 Å². The molecule has 11 nitrogen and oxygen atoms in total. The summed E-state index contributed by atoms with van der Waals surface area (Å²) in [6, 6.07) is -0.871. The highest BCUT2D eigenvalue weighted by Crippen LogP contribution is 2.40. The van der Waals surface area contributed by atoms with Crippen molar-refractivity contribution < 1.29 is 33.8 Å². The summed E-state index contributed by atoms with van der Waals surface area (Å²) in [4.78, 5) is 55.2. The number of carbonyl (C=O) groups excluding carboxylic acids is 3. The maximum Gasteiger partial charge on any atom is 0.413 e. The van der Waals surface area contributed by atoms with Crippen LogP contribution in [0.4, 0.5) is 9.93 Å². The Morgan fingerprint density at radius 3 is 2.66 bits per heavy atom. The number of allylic oxidation sites excluding steroid dienone is 1. The summed E-state index contributed by atoms with van der Waals surface area (Å²) in [5.41, 5.74) is 0.347. The van der Waals surface area contributed by atoms with Crippen LogP contribution in [0.1, 0.15) is 39.8 Å². The van der Waals surface area contributed by atoms with Gasteiger partial charge in [-0.1, -0.05) is 13.0 Å². The number of β-lactam (4-membered cyclic amide) rings is 1. The van der Waals surface area contributed by atoms with Crippen molar-refractivity contribution >= 4 is 57.7 Å². The van der Waals surface area contributed by atoms with E-state index in [1.807, 2.05) is 6.92 Å². The Morgan fingerprint density at radius 1 is 1.34 bits per heavy atom. The highest BCUT2D eigenvalue weighted by Gasteiger charge is 2.54. The van der Waals surface area contributed by atoms with Crippen molar-refractivity contribution in [3.63, 3.8) is 0 Å². The van der Waals surface area contributed by atoms with Crippen LogP contribution >= 0.6 is 23.1 Å². The maximum atomic E-state index is 13.1. The molecule has 13 heteroatoms. The van der Waals surface area contributed by atoms with Gasteiger partial charge in [0.05, 0.1) is 17.9 Å². The zero-order valence-corrected chi connectivity index (χ0v) is 21.7. The first-order chi connectivity index (χ1) is 16.5. The van der Waals surface area contributed by atoms with Crippen LogP contribution in [-0.4, -0.2) is 75.4 Å². The Bertz CT molecular complexity index is 1090. The van der Waals surface area contributed by atoms with E-state index in [2.05, 4.69) is 15.6 Å². The Hall–Kier alpha value is -2.90. The molecule has 3 N–H and O–H groups in total. The van der Waals surface area contributed by atoms with E-state index in [1.165, 1.54) is 23.8 Å². The topological polar surface area (TPSA) is 147 Å². The molecular weight excluding hydrogens is 496 g/mol. The number of methoxy groups -OCH3 is 1. The lowest BCUT2D eigenvalue weighted by Gasteiger charge is -2.49. The number of hydrogen-bond donors (Lipinski definition) is 3. The number of thioether (sulfide) groups is 1. The molecule has 3 rings (SSSR count). The summed E-state index contributed by atoms with van der Waals surface area (Å²) in [5.74, 6) is -1.84. The zero-order valence-electron chi connectivity index (χ0n) is 20.0. The van der Waals surface area contributed by atoms with Crippen LogP contribution in [0.25, 0.3) is 5.57 Å². The van der Waals surface area contributed by atoms with Crippen LogP contribution < -0.4 is 10.6 Å². The van der Waals surface area contributed by atoms with Crippen molar-refractivity contribution in [1.82, 2.24) is 15.2 Å². The highest BCUT2D eigenvalue weighted by atomic mass is 32.2. The normalized spacial score (nSPS) is 20.2. The van der Waals surface area contributed by atoms with Gasteiger partial charge in [0.25, 0.3) is 11.8 Å². The first-order valence-electron chi connectivity index (χ1n) is 10.8. The van der Waals surface area contributed by atoms with Gasteiger partial charge in [-0.25, -0.2) is 14.6 Å². The van der Waals surface area contributed by atoms with Crippen molar-refractivity contribution in [3.8, 4) is 0 Å². The van der Waals surface area contributed by atoms with E-state index in [9.17, 15) is 24.3 Å². The van der Waals surface area contributed by atoms with Gasteiger partial charge in [-0.2, -0.15) is 0 Å². The standard InChI is InChI=1S/C22H28N4O7S2/c1-6-7-12(13-10-35-20(23-13)25-21(31)33-22(2,3)4)16(27)24-14-17(28)26-15(19(29)30)11(8-32-5)9-34-18(14)26/h7,10,14,18H,6,8-9H2,1-5H3,(H,24,27)(H,29,30)(H,23,25,31)/b12-7-/t14-,18-/m1/s1. The predicted molar refractivity (Wildman–Crippen MR) is 132 cm³/mol. The SMILES string of the molecule is CC/C=C(\C(=O)N[C@@H]1C(=O)N2C(C(=O)O)=C(COC)CS[C@H]12)c1csc(NC(=O)OC(C)(C)C)n1. The Morgan fingerprint density at radius 2 is 2.06 bits per heavy atom. The van der Waals surface area contributed by atoms with Crippen LogP contribution in [0.15, 0.2) is 22.7 Å².